The molecule has 0 bridgehead atoms. The summed E-state index contributed by atoms with van der Waals surface area (Å²) < 4.78 is 1.82. The summed E-state index contributed by atoms with van der Waals surface area (Å²) in [5.41, 5.74) is 1.04. The summed E-state index contributed by atoms with van der Waals surface area (Å²) in [6.07, 6.45) is 2.78. The summed E-state index contributed by atoms with van der Waals surface area (Å²) in [6, 6.07) is 9.91. The number of benzene rings is 1. The van der Waals surface area contributed by atoms with Gasteiger partial charge in [-0.3, -0.25) is 0 Å². The Balaban J connectivity index is 0.000000845. The van der Waals surface area contributed by atoms with E-state index in [0.717, 1.165) is 11.5 Å². The maximum atomic E-state index is 3.85. The van der Waals surface area contributed by atoms with E-state index in [9.17, 15) is 0 Å². The molecule has 0 aliphatic heterocycles. The van der Waals surface area contributed by atoms with E-state index in [0.29, 0.717) is 0 Å². The molecule has 71 valence electrons. The number of hydrogen-bond donors (Lipinski definition) is 0. The minimum absolute atomic E-state index is 0. The first-order chi connectivity index (χ1) is 5.88. The van der Waals surface area contributed by atoms with Gasteiger partial charge in [-0.25, -0.2) is 10.2 Å². The fourth-order valence-corrected chi connectivity index (χ4v) is 1.08. The number of aryl methyl sites for hydroxylation is 1. The Hall–Kier alpha value is -1.06. The van der Waals surface area contributed by atoms with Gasteiger partial charge in [0.15, 0.2) is 0 Å². The molecule has 0 N–H and O–H groups in total. The van der Waals surface area contributed by atoms with Gasteiger partial charge in [-0.2, -0.15) is 0 Å². The van der Waals surface area contributed by atoms with Gasteiger partial charge in [0.2, 0.25) is 0 Å². The third-order valence-electron chi connectivity index (χ3n) is 1.68. The van der Waals surface area contributed by atoms with Crippen molar-refractivity contribution in [3.63, 3.8) is 0 Å². The summed E-state index contributed by atoms with van der Waals surface area (Å²) >= 11 is 0. The molecule has 4 heteroatoms. The standard InChI is InChI=1S/C9H8N3.CH3.V/c1-8-11-10-7-12(8)9-5-3-2-4-6-9;;/h2-6H,1H3;1H3;/q2*-1;+2. The number of aromatic nitrogens is 3. The van der Waals surface area contributed by atoms with Crippen LogP contribution >= 0.6 is 0 Å². The van der Waals surface area contributed by atoms with Gasteiger partial charge in [-0.15, -0.1) is 0 Å². The first-order valence-electron chi connectivity index (χ1n) is 3.73. The summed E-state index contributed by atoms with van der Waals surface area (Å²) in [4.78, 5) is 0. The first kappa shape index (κ1) is 12.9. The fourth-order valence-electron chi connectivity index (χ4n) is 1.08. The van der Waals surface area contributed by atoms with E-state index in [4.69, 9.17) is 0 Å². The molecule has 0 atom stereocenters. The van der Waals surface area contributed by atoms with Crippen LogP contribution in [0.1, 0.15) is 5.82 Å². The van der Waals surface area contributed by atoms with Crippen molar-refractivity contribution in [3.05, 3.63) is 49.9 Å². The molecule has 0 saturated heterocycles. The molecule has 14 heavy (non-hydrogen) atoms. The smallest absolute Gasteiger partial charge is 0.448 e. The number of hydrogen-bond acceptors (Lipinski definition) is 2. The molecule has 1 aromatic carbocycles. The van der Waals surface area contributed by atoms with Crippen molar-refractivity contribution in [1.82, 2.24) is 14.8 Å². The zero-order valence-corrected chi connectivity index (χ0v) is 9.57. The molecule has 0 aliphatic rings. The molecular weight excluding hydrogens is 213 g/mol. The van der Waals surface area contributed by atoms with Gasteiger partial charge in [-0.1, -0.05) is 42.9 Å². The van der Waals surface area contributed by atoms with E-state index in [2.05, 4.69) is 16.5 Å². The molecule has 1 aromatic heterocycles. The van der Waals surface area contributed by atoms with Gasteiger partial charge in [0, 0.05) is 12.2 Å². The van der Waals surface area contributed by atoms with Crippen LogP contribution in [0.25, 0.3) is 5.69 Å². The fraction of sp³-hybridized carbons (Fsp3) is 0.100. The van der Waals surface area contributed by atoms with Crippen LogP contribution in [0.2, 0.25) is 0 Å². The van der Waals surface area contributed by atoms with Crippen molar-refractivity contribution < 1.29 is 18.6 Å². The van der Waals surface area contributed by atoms with Crippen LogP contribution in [0, 0.1) is 20.7 Å². The molecule has 2 aromatic rings. The Morgan fingerprint density at radius 1 is 1.21 bits per heavy atom. The molecule has 2 rings (SSSR count). The molecule has 0 aliphatic carbocycles. The number of nitrogens with zero attached hydrogens (tertiary/aromatic N) is 3. The van der Waals surface area contributed by atoms with Crippen molar-refractivity contribution in [3.8, 4) is 5.69 Å². The van der Waals surface area contributed by atoms with E-state index in [1.54, 1.807) is 0 Å². The van der Waals surface area contributed by atoms with Crippen LogP contribution in [-0.2, 0) is 18.6 Å². The predicted octanol–water partition coefficient (Wildman–Crippen LogP) is 1.82. The van der Waals surface area contributed by atoms with Crippen LogP contribution in [0.3, 0.4) is 0 Å². The Morgan fingerprint density at radius 2 is 1.86 bits per heavy atom. The quantitative estimate of drug-likeness (QED) is 0.692. The van der Waals surface area contributed by atoms with E-state index in [-0.39, 0.29) is 26.0 Å². The normalized spacial score (nSPS) is 8.64. The largest absolute Gasteiger partial charge is 2.00 e. The maximum Gasteiger partial charge on any atom is 2.00 e. The van der Waals surface area contributed by atoms with Crippen LogP contribution in [-0.4, -0.2) is 14.8 Å². The van der Waals surface area contributed by atoms with Crippen molar-refractivity contribution in [2.24, 2.45) is 0 Å². The van der Waals surface area contributed by atoms with Crippen LogP contribution in [0.5, 0.6) is 0 Å². The van der Waals surface area contributed by atoms with Gasteiger partial charge in [0.1, 0.15) is 0 Å². The third-order valence-corrected chi connectivity index (χ3v) is 1.68. The minimum Gasteiger partial charge on any atom is -0.448 e. The zero-order chi connectivity index (χ0) is 8.39. The van der Waals surface area contributed by atoms with Gasteiger partial charge >= 0.3 is 18.6 Å². The molecule has 0 unspecified atom stereocenters. The first-order valence-corrected chi connectivity index (χ1v) is 3.73. The van der Waals surface area contributed by atoms with Crippen molar-refractivity contribution in [2.75, 3.05) is 0 Å². The van der Waals surface area contributed by atoms with Crippen molar-refractivity contribution in [1.29, 1.82) is 0 Å². The average molecular weight is 224 g/mol. The topological polar surface area (TPSA) is 30.7 Å². The van der Waals surface area contributed by atoms with E-state index < -0.39 is 0 Å². The van der Waals surface area contributed by atoms with Gasteiger partial charge in [-0.05, 0) is 0 Å². The van der Waals surface area contributed by atoms with Crippen LogP contribution in [0.4, 0.5) is 0 Å². The molecule has 3 nitrogen and oxygen atoms in total. The Labute approximate surface area is 96.1 Å². The summed E-state index contributed by atoms with van der Waals surface area (Å²) in [5, 5.41) is 7.54. The minimum atomic E-state index is 0. The Bertz CT molecular complexity index is 370. The second-order valence-electron chi connectivity index (χ2n) is 2.52. The maximum absolute atomic E-state index is 3.85. The summed E-state index contributed by atoms with van der Waals surface area (Å²) in [6.45, 7) is 1.90. The molecule has 0 spiro atoms. The van der Waals surface area contributed by atoms with Gasteiger partial charge in [0.25, 0.3) is 0 Å². The zero-order valence-electron chi connectivity index (χ0n) is 8.18. The van der Waals surface area contributed by atoms with Crippen molar-refractivity contribution >= 4 is 0 Å². The third kappa shape index (κ3) is 2.47. The average Bonchev–Trinajstić information content (AvgIpc) is 2.53. The predicted molar refractivity (Wildman–Crippen MR) is 51.3 cm³/mol. The monoisotopic (exact) mass is 224 g/mol. The Morgan fingerprint density at radius 3 is 2.36 bits per heavy atom. The molecule has 0 saturated carbocycles. The molecule has 0 amide bonds. The molecule has 1 radical (unpaired) electrons. The summed E-state index contributed by atoms with van der Waals surface area (Å²) in [5.74, 6) is 0.848. The number of para-hydroxylation sites is 1. The number of rotatable bonds is 1. The Kier molecular flexibility index (Phi) is 5.20. The van der Waals surface area contributed by atoms with Gasteiger partial charge in [0.05, 0.1) is 0 Å². The second-order valence-corrected chi connectivity index (χ2v) is 2.52. The summed E-state index contributed by atoms with van der Waals surface area (Å²) in [7, 11) is 0. The van der Waals surface area contributed by atoms with Crippen LogP contribution in [0.15, 0.2) is 30.3 Å². The van der Waals surface area contributed by atoms with Crippen LogP contribution < -0.4 is 0 Å². The van der Waals surface area contributed by atoms with E-state index >= 15 is 0 Å². The van der Waals surface area contributed by atoms with E-state index in [1.807, 2.05) is 41.8 Å². The van der Waals surface area contributed by atoms with Gasteiger partial charge < -0.3 is 12.0 Å². The molecule has 0 fully saturated rings. The SMILES string of the molecule is Cc1nn[c-]n1-c1ccccc1.[CH3-].[V+2]. The second kappa shape index (κ2) is 5.63. The van der Waals surface area contributed by atoms with E-state index in [1.165, 1.54) is 0 Å². The molecule has 1 heterocycles. The van der Waals surface area contributed by atoms with Crippen molar-refractivity contribution in [2.45, 2.75) is 6.92 Å². The molecular formula is C10H11N3V.